The van der Waals surface area contributed by atoms with Crippen molar-refractivity contribution >= 4 is 11.6 Å². The Morgan fingerprint density at radius 3 is 2.41 bits per heavy atom. The zero-order valence-corrected chi connectivity index (χ0v) is 17.9. The summed E-state index contributed by atoms with van der Waals surface area (Å²) in [4.78, 5) is 19.5. The summed E-state index contributed by atoms with van der Waals surface area (Å²) in [7, 11) is 0. The standard InChI is InChI=1S/C24H27F2N5O/c25-16-9-15(10-17(26)11-16)22-21(12-27)29-13-20(23(22)31-8-7-18(28)14-31)24(32)30-19-5-3-1-2-4-6-19/h9-11,13,18-19H,1-8,14,28H2,(H,30,32)/t18-/m0/s1. The van der Waals surface area contributed by atoms with E-state index in [0.29, 0.717) is 30.8 Å². The van der Waals surface area contributed by atoms with Crippen LogP contribution < -0.4 is 16.0 Å². The summed E-state index contributed by atoms with van der Waals surface area (Å²) in [6, 6.07) is 5.09. The summed E-state index contributed by atoms with van der Waals surface area (Å²) in [5.74, 6) is -1.81. The lowest BCUT2D eigenvalue weighted by molar-refractivity contribution is 0.0933. The summed E-state index contributed by atoms with van der Waals surface area (Å²) in [5, 5.41) is 12.8. The maximum Gasteiger partial charge on any atom is 0.255 e. The van der Waals surface area contributed by atoms with Gasteiger partial charge in [0, 0.05) is 43.0 Å². The molecule has 2 heterocycles. The molecule has 2 aromatic rings. The highest BCUT2D eigenvalue weighted by Gasteiger charge is 2.30. The van der Waals surface area contributed by atoms with Gasteiger partial charge in [-0.05, 0) is 37.0 Å². The first kappa shape index (κ1) is 22.2. The predicted octanol–water partition coefficient (Wildman–Crippen LogP) is 3.89. The van der Waals surface area contributed by atoms with Crippen LogP contribution in [0.2, 0.25) is 0 Å². The van der Waals surface area contributed by atoms with Crippen molar-refractivity contribution in [1.82, 2.24) is 10.3 Å². The van der Waals surface area contributed by atoms with Crippen molar-refractivity contribution in [2.75, 3.05) is 18.0 Å². The molecule has 1 atom stereocenters. The van der Waals surface area contributed by atoms with Gasteiger partial charge in [0.15, 0.2) is 0 Å². The number of nitriles is 1. The molecule has 0 radical (unpaired) electrons. The van der Waals surface area contributed by atoms with Crippen molar-refractivity contribution in [2.45, 2.75) is 57.0 Å². The van der Waals surface area contributed by atoms with Gasteiger partial charge in [-0.25, -0.2) is 13.8 Å². The molecule has 2 fully saturated rings. The van der Waals surface area contributed by atoms with Gasteiger partial charge >= 0.3 is 0 Å². The minimum atomic E-state index is -0.763. The summed E-state index contributed by atoms with van der Waals surface area (Å²) >= 11 is 0. The van der Waals surface area contributed by atoms with E-state index >= 15 is 0 Å². The Labute approximate surface area is 186 Å². The molecule has 1 aromatic heterocycles. The number of nitrogens with two attached hydrogens (primary N) is 1. The molecule has 1 saturated heterocycles. The lowest BCUT2D eigenvalue weighted by Gasteiger charge is -2.26. The molecule has 8 heteroatoms. The molecule has 1 aliphatic carbocycles. The van der Waals surface area contributed by atoms with E-state index < -0.39 is 11.6 Å². The molecule has 168 valence electrons. The van der Waals surface area contributed by atoms with Gasteiger partial charge in [-0.3, -0.25) is 4.79 Å². The smallest absolute Gasteiger partial charge is 0.255 e. The van der Waals surface area contributed by atoms with E-state index in [1.165, 1.54) is 6.20 Å². The third kappa shape index (κ3) is 4.73. The van der Waals surface area contributed by atoms with Crippen LogP contribution in [0, 0.1) is 23.0 Å². The minimum Gasteiger partial charge on any atom is -0.369 e. The number of carbonyl (C=O) groups is 1. The van der Waals surface area contributed by atoms with Crippen molar-refractivity contribution in [3.05, 3.63) is 47.3 Å². The second-order valence-electron chi connectivity index (χ2n) is 8.67. The summed E-state index contributed by atoms with van der Waals surface area (Å²) in [6.07, 6.45) is 8.40. The van der Waals surface area contributed by atoms with Crippen LogP contribution in [-0.2, 0) is 0 Å². The number of anilines is 1. The first-order valence-corrected chi connectivity index (χ1v) is 11.2. The van der Waals surface area contributed by atoms with Crippen LogP contribution in [0.4, 0.5) is 14.5 Å². The normalized spacial score (nSPS) is 19.4. The van der Waals surface area contributed by atoms with Crippen LogP contribution in [0.25, 0.3) is 11.1 Å². The van der Waals surface area contributed by atoms with Crippen LogP contribution >= 0.6 is 0 Å². The Bertz CT molecular complexity index is 1020. The van der Waals surface area contributed by atoms with Gasteiger partial charge in [0.2, 0.25) is 0 Å². The highest BCUT2D eigenvalue weighted by molar-refractivity contribution is 6.04. The van der Waals surface area contributed by atoms with Gasteiger partial charge in [0.05, 0.1) is 11.3 Å². The van der Waals surface area contributed by atoms with Gasteiger partial charge in [0.25, 0.3) is 5.91 Å². The van der Waals surface area contributed by atoms with E-state index in [-0.39, 0.29) is 34.8 Å². The van der Waals surface area contributed by atoms with E-state index in [0.717, 1.165) is 56.7 Å². The third-order valence-corrected chi connectivity index (χ3v) is 6.28. The average Bonchev–Trinajstić information content (AvgIpc) is 3.03. The number of carbonyl (C=O) groups excluding carboxylic acids is 1. The van der Waals surface area contributed by atoms with Crippen molar-refractivity contribution in [3.8, 4) is 17.2 Å². The van der Waals surface area contributed by atoms with Gasteiger partial charge in [0.1, 0.15) is 23.4 Å². The topological polar surface area (TPSA) is 95.0 Å². The number of nitrogens with one attached hydrogen (secondary N) is 1. The van der Waals surface area contributed by atoms with Gasteiger partial charge in [-0.15, -0.1) is 0 Å². The molecule has 6 nitrogen and oxygen atoms in total. The largest absolute Gasteiger partial charge is 0.369 e. The molecule has 3 N–H and O–H groups in total. The van der Waals surface area contributed by atoms with Gasteiger partial charge < -0.3 is 16.0 Å². The SMILES string of the molecule is N#Cc1ncc(C(=O)NC2CCCCCC2)c(N2CC[C@H](N)C2)c1-c1cc(F)cc(F)c1. The first-order chi connectivity index (χ1) is 15.5. The molecule has 0 spiro atoms. The van der Waals surface area contributed by atoms with Gasteiger partial charge in [-0.2, -0.15) is 5.26 Å². The van der Waals surface area contributed by atoms with E-state index in [1.807, 2.05) is 11.0 Å². The highest BCUT2D eigenvalue weighted by Crippen LogP contribution is 2.38. The zero-order valence-electron chi connectivity index (χ0n) is 17.9. The van der Waals surface area contributed by atoms with Crippen LogP contribution in [0.5, 0.6) is 0 Å². The van der Waals surface area contributed by atoms with E-state index in [4.69, 9.17) is 5.73 Å². The van der Waals surface area contributed by atoms with Crippen molar-refractivity contribution in [2.24, 2.45) is 5.73 Å². The molecule has 1 aliphatic heterocycles. The summed E-state index contributed by atoms with van der Waals surface area (Å²) < 4.78 is 28.1. The lowest BCUT2D eigenvalue weighted by Crippen LogP contribution is -2.36. The number of benzene rings is 1. The molecule has 1 amide bonds. The second kappa shape index (κ2) is 9.61. The summed E-state index contributed by atoms with van der Waals surface area (Å²) in [5.41, 5.74) is 7.31. The van der Waals surface area contributed by atoms with Crippen molar-refractivity contribution in [1.29, 1.82) is 5.26 Å². The van der Waals surface area contributed by atoms with Crippen LogP contribution in [0.15, 0.2) is 24.4 Å². The number of halogens is 2. The maximum absolute atomic E-state index is 14.1. The number of nitrogens with zero attached hydrogens (tertiary/aromatic N) is 3. The number of aromatic nitrogens is 1. The van der Waals surface area contributed by atoms with Crippen LogP contribution in [0.3, 0.4) is 0 Å². The van der Waals surface area contributed by atoms with E-state index in [9.17, 15) is 18.8 Å². The van der Waals surface area contributed by atoms with Crippen molar-refractivity contribution in [3.63, 3.8) is 0 Å². The Morgan fingerprint density at radius 1 is 1.12 bits per heavy atom. The van der Waals surface area contributed by atoms with E-state index in [1.54, 1.807) is 0 Å². The number of hydrogen-bond donors (Lipinski definition) is 2. The summed E-state index contributed by atoms with van der Waals surface area (Å²) in [6.45, 7) is 1.05. The predicted molar refractivity (Wildman–Crippen MR) is 118 cm³/mol. The second-order valence-corrected chi connectivity index (χ2v) is 8.67. The van der Waals surface area contributed by atoms with Crippen LogP contribution in [-0.4, -0.2) is 36.1 Å². The molecular weight excluding hydrogens is 412 g/mol. The Balaban J connectivity index is 1.82. The van der Waals surface area contributed by atoms with Gasteiger partial charge in [-0.1, -0.05) is 25.7 Å². The molecule has 4 rings (SSSR count). The Morgan fingerprint density at radius 2 is 1.81 bits per heavy atom. The van der Waals surface area contributed by atoms with E-state index in [2.05, 4.69) is 10.3 Å². The third-order valence-electron chi connectivity index (χ3n) is 6.28. The van der Waals surface area contributed by atoms with Crippen LogP contribution in [0.1, 0.15) is 61.0 Å². The molecule has 1 saturated carbocycles. The number of rotatable bonds is 4. The molecular formula is C24H27F2N5O. The highest BCUT2D eigenvalue weighted by atomic mass is 19.1. The van der Waals surface area contributed by atoms with Crippen molar-refractivity contribution < 1.29 is 13.6 Å². The zero-order chi connectivity index (χ0) is 22.7. The fourth-order valence-corrected chi connectivity index (χ4v) is 4.73. The molecule has 32 heavy (non-hydrogen) atoms. The number of amides is 1. The number of pyridine rings is 1. The molecule has 0 unspecified atom stereocenters. The Kier molecular flexibility index (Phi) is 6.66. The minimum absolute atomic E-state index is 0.0106. The fraction of sp³-hybridized carbons (Fsp3) is 0.458. The Hall–Kier alpha value is -3.05. The lowest BCUT2D eigenvalue weighted by atomic mass is 9.97. The fourth-order valence-electron chi connectivity index (χ4n) is 4.73. The molecule has 1 aromatic carbocycles. The number of hydrogen-bond acceptors (Lipinski definition) is 5. The maximum atomic E-state index is 14.1. The average molecular weight is 440 g/mol. The quantitative estimate of drug-likeness (QED) is 0.705. The first-order valence-electron chi connectivity index (χ1n) is 11.2. The molecule has 2 aliphatic rings. The monoisotopic (exact) mass is 439 g/mol. The molecule has 0 bridgehead atoms.